The Morgan fingerprint density at radius 2 is 2.21 bits per heavy atom. The summed E-state index contributed by atoms with van der Waals surface area (Å²) in [5.74, 6) is 2.00. The van der Waals surface area contributed by atoms with Gasteiger partial charge >= 0.3 is 0 Å². The van der Waals surface area contributed by atoms with Crippen molar-refractivity contribution in [1.29, 1.82) is 0 Å². The van der Waals surface area contributed by atoms with Crippen LogP contribution in [0.2, 0.25) is 0 Å². The minimum Gasteiger partial charge on any atom is -0.369 e. The van der Waals surface area contributed by atoms with Gasteiger partial charge in [0, 0.05) is 17.8 Å². The predicted molar refractivity (Wildman–Crippen MR) is 55.3 cm³/mol. The van der Waals surface area contributed by atoms with E-state index in [2.05, 4.69) is 15.3 Å². The summed E-state index contributed by atoms with van der Waals surface area (Å²) >= 11 is 0. The van der Waals surface area contributed by atoms with Gasteiger partial charge in [-0.1, -0.05) is 0 Å². The number of nitrogens with zero attached hydrogens (tertiary/aromatic N) is 2. The van der Waals surface area contributed by atoms with Gasteiger partial charge in [-0.2, -0.15) is 0 Å². The fraction of sp³-hybridized carbons (Fsp3) is 0.636. The lowest BCUT2D eigenvalue weighted by atomic mass is 10.2. The summed E-state index contributed by atoms with van der Waals surface area (Å²) in [6.07, 6.45) is 8.01. The first-order valence-electron chi connectivity index (χ1n) is 5.50. The molecule has 1 aromatic heterocycles. The molecular formula is C11H15N3. The lowest BCUT2D eigenvalue weighted by molar-refractivity contribution is 0.874. The van der Waals surface area contributed by atoms with Gasteiger partial charge in [-0.05, 0) is 38.0 Å². The van der Waals surface area contributed by atoms with Gasteiger partial charge in [0.1, 0.15) is 12.1 Å². The molecule has 0 saturated heterocycles. The summed E-state index contributed by atoms with van der Waals surface area (Å²) in [5, 5.41) is 3.46. The molecule has 0 unspecified atom stereocenters. The molecule has 0 atom stereocenters. The van der Waals surface area contributed by atoms with E-state index >= 15 is 0 Å². The molecule has 0 bridgehead atoms. The number of nitrogens with one attached hydrogen (secondary N) is 1. The van der Waals surface area contributed by atoms with Crippen molar-refractivity contribution in [2.75, 3.05) is 11.9 Å². The number of rotatable bonds is 3. The Bertz CT molecular complexity index is 344. The maximum atomic E-state index is 4.33. The number of aromatic nitrogens is 2. The molecule has 1 saturated carbocycles. The van der Waals surface area contributed by atoms with Gasteiger partial charge in [-0.25, -0.2) is 9.97 Å². The van der Waals surface area contributed by atoms with Crippen LogP contribution in [0.25, 0.3) is 0 Å². The number of hydrogen-bond donors (Lipinski definition) is 1. The summed E-state index contributed by atoms with van der Waals surface area (Å²) in [6, 6.07) is 0. The Morgan fingerprint density at radius 1 is 1.29 bits per heavy atom. The fourth-order valence-corrected chi connectivity index (χ4v) is 2.07. The first-order chi connectivity index (χ1) is 6.93. The minimum absolute atomic E-state index is 0.905. The average Bonchev–Trinajstić information content (AvgIpc) is 2.91. The molecule has 0 spiro atoms. The lowest BCUT2D eigenvalue weighted by Gasteiger charge is -2.08. The van der Waals surface area contributed by atoms with Crippen LogP contribution < -0.4 is 5.32 Å². The highest BCUT2D eigenvalue weighted by atomic mass is 15.0. The van der Waals surface area contributed by atoms with E-state index < -0.39 is 0 Å². The van der Waals surface area contributed by atoms with Crippen LogP contribution in [-0.2, 0) is 12.8 Å². The number of anilines is 1. The van der Waals surface area contributed by atoms with Gasteiger partial charge < -0.3 is 5.32 Å². The van der Waals surface area contributed by atoms with Crippen molar-refractivity contribution in [2.45, 2.75) is 32.1 Å². The van der Waals surface area contributed by atoms with E-state index in [9.17, 15) is 0 Å². The Balaban J connectivity index is 1.78. The molecular weight excluding hydrogens is 174 g/mol. The molecule has 14 heavy (non-hydrogen) atoms. The Hall–Kier alpha value is -1.12. The van der Waals surface area contributed by atoms with Gasteiger partial charge in [0.05, 0.1) is 0 Å². The van der Waals surface area contributed by atoms with Crippen molar-refractivity contribution in [2.24, 2.45) is 5.92 Å². The quantitative estimate of drug-likeness (QED) is 0.787. The molecule has 0 aromatic carbocycles. The van der Waals surface area contributed by atoms with Crippen molar-refractivity contribution in [1.82, 2.24) is 9.97 Å². The monoisotopic (exact) mass is 189 g/mol. The van der Waals surface area contributed by atoms with Crippen molar-refractivity contribution in [3.8, 4) is 0 Å². The topological polar surface area (TPSA) is 37.8 Å². The number of fused-ring (bicyclic) bond motifs is 1. The summed E-state index contributed by atoms with van der Waals surface area (Å²) in [6.45, 7) is 1.10. The van der Waals surface area contributed by atoms with E-state index in [0.717, 1.165) is 31.1 Å². The zero-order chi connectivity index (χ0) is 9.38. The SMILES string of the molecule is c1nc2c(c(NCC3CC3)n1)CCC2. The van der Waals surface area contributed by atoms with Gasteiger partial charge in [0.25, 0.3) is 0 Å². The molecule has 0 aliphatic heterocycles. The molecule has 1 fully saturated rings. The van der Waals surface area contributed by atoms with Crippen molar-refractivity contribution in [3.63, 3.8) is 0 Å². The normalized spacial score (nSPS) is 19.4. The van der Waals surface area contributed by atoms with Crippen molar-refractivity contribution >= 4 is 5.82 Å². The van der Waals surface area contributed by atoms with Gasteiger partial charge in [0.2, 0.25) is 0 Å². The third-order valence-electron chi connectivity index (χ3n) is 3.13. The Kier molecular flexibility index (Phi) is 1.89. The van der Waals surface area contributed by atoms with Crippen LogP contribution in [0.3, 0.4) is 0 Å². The van der Waals surface area contributed by atoms with Gasteiger partial charge in [0.15, 0.2) is 0 Å². The van der Waals surface area contributed by atoms with Crippen LogP contribution in [0.4, 0.5) is 5.82 Å². The molecule has 1 N–H and O–H groups in total. The van der Waals surface area contributed by atoms with Crippen molar-refractivity contribution < 1.29 is 0 Å². The van der Waals surface area contributed by atoms with Crippen LogP contribution in [0.15, 0.2) is 6.33 Å². The Morgan fingerprint density at radius 3 is 3.07 bits per heavy atom. The highest BCUT2D eigenvalue weighted by Crippen LogP contribution is 2.30. The second-order valence-electron chi connectivity index (χ2n) is 4.33. The van der Waals surface area contributed by atoms with E-state index in [1.807, 2.05) is 0 Å². The highest BCUT2D eigenvalue weighted by molar-refractivity contribution is 5.47. The minimum atomic E-state index is 0.905. The molecule has 3 rings (SSSR count). The average molecular weight is 189 g/mol. The van der Waals surface area contributed by atoms with Crippen molar-refractivity contribution in [3.05, 3.63) is 17.6 Å². The first-order valence-corrected chi connectivity index (χ1v) is 5.50. The molecule has 74 valence electrons. The number of hydrogen-bond acceptors (Lipinski definition) is 3. The standard InChI is InChI=1S/C11H15N3/c1-2-9-10(3-1)13-7-14-11(9)12-6-8-4-5-8/h7-8H,1-6H2,(H,12,13,14). The zero-order valence-corrected chi connectivity index (χ0v) is 8.29. The van der Waals surface area contributed by atoms with Crippen LogP contribution >= 0.6 is 0 Å². The van der Waals surface area contributed by atoms with Gasteiger partial charge in [-0.3, -0.25) is 0 Å². The molecule has 1 heterocycles. The second-order valence-corrected chi connectivity index (χ2v) is 4.33. The lowest BCUT2D eigenvalue weighted by Crippen LogP contribution is -2.08. The molecule has 1 aromatic rings. The summed E-state index contributed by atoms with van der Waals surface area (Å²) < 4.78 is 0. The largest absolute Gasteiger partial charge is 0.369 e. The Labute approximate surface area is 84.0 Å². The van der Waals surface area contributed by atoms with E-state index in [4.69, 9.17) is 0 Å². The molecule has 0 amide bonds. The first kappa shape index (κ1) is 8.21. The molecule has 0 radical (unpaired) electrons. The van der Waals surface area contributed by atoms with Gasteiger partial charge in [-0.15, -0.1) is 0 Å². The summed E-state index contributed by atoms with van der Waals surface area (Å²) in [4.78, 5) is 8.64. The van der Waals surface area contributed by atoms with E-state index in [1.165, 1.54) is 30.5 Å². The van der Waals surface area contributed by atoms with E-state index in [-0.39, 0.29) is 0 Å². The predicted octanol–water partition coefficient (Wildman–Crippen LogP) is 1.79. The van der Waals surface area contributed by atoms with E-state index in [1.54, 1.807) is 6.33 Å². The van der Waals surface area contributed by atoms with E-state index in [0.29, 0.717) is 0 Å². The molecule has 2 aliphatic rings. The van der Waals surface area contributed by atoms with Crippen LogP contribution in [-0.4, -0.2) is 16.5 Å². The molecule has 3 heteroatoms. The maximum absolute atomic E-state index is 4.33. The van der Waals surface area contributed by atoms with Crippen LogP contribution in [0.1, 0.15) is 30.5 Å². The molecule has 3 nitrogen and oxygen atoms in total. The summed E-state index contributed by atoms with van der Waals surface area (Å²) in [7, 11) is 0. The van der Waals surface area contributed by atoms with Crippen LogP contribution in [0.5, 0.6) is 0 Å². The highest BCUT2D eigenvalue weighted by Gasteiger charge is 2.22. The summed E-state index contributed by atoms with van der Waals surface area (Å²) in [5.41, 5.74) is 2.63. The third-order valence-corrected chi connectivity index (χ3v) is 3.13. The third kappa shape index (κ3) is 1.47. The second kappa shape index (κ2) is 3.23. The number of aryl methyl sites for hydroxylation is 1. The smallest absolute Gasteiger partial charge is 0.132 e. The maximum Gasteiger partial charge on any atom is 0.132 e. The molecule has 2 aliphatic carbocycles. The zero-order valence-electron chi connectivity index (χ0n) is 8.29. The fourth-order valence-electron chi connectivity index (χ4n) is 2.07. The van der Waals surface area contributed by atoms with Crippen LogP contribution in [0, 0.1) is 5.92 Å².